The molecule has 0 fully saturated rings. The minimum absolute atomic E-state index is 0.0655. The number of hydrogen-bond acceptors (Lipinski definition) is 7. The van der Waals surface area contributed by atoms with Crippen molar-refractivity contribution in [3.8, 4) is 10.8 Å². The summed E-state index contributed by atoms with van der Waals surface area (Å²) in [5.41, 5.74) is 3.67. The van der Waals surface area contributed by atoms with E-state index in [1.807, 2.05) is 52.8 Å². The van der Waals surface area contributed by atoms with E-state index in [9.17, 15) is 4.79 Å². The monoisotopic (exact) mass is 373 g/mol. The van der Waals surface area contributed by atoms with E-state index in [1.165, 1.54) is 23.1 Å². The van der Waals surface area contributed by atoms with E-state index in [4.69, 9.17) is 4.42 Å². The van der Waals surface area contributed by atoms with Crippen LogP contribution in [0.4, 0.5) is 0 Å². The van der Waals surface area contributed by atoms with Crippen molar-refractivity contribution < 1.29 is 9.21 Å². The molecule has 3 aromatic rings. The third-order valence-electron chi connectivity index (χ3n) is 3.81. The fourth-order valence-corrected chi connectivity index (χ4v) is 4.10. The molecule has 2 aromatic heterocycles. The van der Waals surface area contributed by atoms with Gasteiger partial charge in [0.1, 0.15) is 4.88 Å². The Morgan fingerprint density at radius 2 is 1.96 bits per heavy atom. The fraction of sp³-hybridized carbons (Fsp3) is 0.333. The smallest absolute Gasteiger partial charge is 0.277 e. The van der Waals surface area contributed by atoms with Gasteiger partial charge in [0.25, 0.3) is 11.1 Å². The highest BCUT2D eigenvalue weighted by molar-refractivity contribution is 8.00. The van der Waals surface area contributed by atoms with Crippen molar-refractivity contribution in [2.45, 2.75) is 45.1 Å². The van der Waals surface area contributed by atoms with Gasteiger partial charge in [-0.3, -0.25) is 4.79 Å². The highest BCUT2D eigenvalue weighted by Crippen LogP contribution is 2.32. The Bertz CT molecular complexity index is 930. The fourth-order valence-electron chi connectivity index (χ4n) is 2.50. The minimum Gasteiger partial charge on any atom is -0.410 e. The van der Waals surface area contributed by atoms with Crippen molar-refractivity contribution in [2.24, 2.45) is 0 Å². The summed E-state index contributed by atoms with van der Waals surface area (Å²) in [5, 5.41) is 9.22. The number of aromatic nitrogens is 3. The Labute approximate surface area is 154 Å². The molecule has 0 radical (unpaired) electrons. The lowest BCUT2D eigenvalue weighted by atomic mass is 10.0. The van der Waals surface area contributed by atoms with E-state index in [-0.39, 0.29) is 11.0 Å². The number of carbonyl (C=O) groups is 1. The third kappa shape index (κ3) is 3.82. The molecule has 0 amide bonds. The van der Waals surface area contributed by atoms with Gasteiger partial charge in [-0.05, 0) is 46.2 Å². The first-order valence-corrected chi connectivity index (χ1v) is 9.61. The number of nitrogens with zero attached hydrogens (tertiary/aromatic N) is 3. The Kier molecular flexibility index (Phi) is 5.06. The first kappa shape index (κ1) is 17.8. The van der Waals surface area contributed by atoms with Crippen molar-refractivity contribution >= 4 is 28.9 Å². The lowest BCUT2D eigenvalue weighted by Crippen LogP contribution is -2.15. The Hall–Kier alpha value is -1.99. The second-order valence-corrected chi connectivity index (χ2v) is 8.46. The maximum Gasteiger partial charge on any atom is 0.277 e. The molecule has 0 spiro atoms. The summed E-state index contributed by atoms with van der Waals surface area (Å²) in [7, 11) is 0. The standard InChI is InChI=1S/C18H19N3O2S2/c1-9-6-7-10(2)14(8-9)15(22)12(4)24-18-21-20-17(23-18)16-11(3)19-13(5)25-16/h6-8,12H,1-5H3/t12-/m0/s1. The summed E-state index contributed by atoms with van der Waals surface area (Å²) in [6.07, 6.45) is 0. The van der Waals surface area contributed by atoms with Gasteiger partial charge in [-0.25, -0.2) is 4.98 Å². The van der Waals surface area contributed by atoms with Crippen LogP contribution in [-0.4, -0.2) is 26.2 Å². The molecule has 2 heterocycles. The molecule has 0 saturated carbocycles. The molecule has 0 aliphatic carbocycles. The number of thioether (sulfide) groups is 1. The van der Waals surface area contributed by atoms with Crippen LogP contribution in [0.25, 0.3) is 10.8 Å². The topological polar surface area (TPSA) is 68.9 Å². The van der Waals surface area contributed by atoms with Crippen LogP contribution in [0.3, 0.4) is 0 Å². The van der Waals surface area contributed by atoms with E-state index in [1.54, 1.807) is 0 Å². The number of Topliss-reactive ketones (excluding diaryl/α,β-unsaturated/α-hetero) is 1. The van der Waals surface area contributed by atoms with Crippen LogP contribution in [0.2, 0.25) is 0 Å². The first-order valence-electron chi connectivity index (χ1n) is 7.91. The van der Waals surface area contributed by atoms with Crippen LogP contribution in [0, 0.1) is 27.7 Å². The molecule has 1 atom stereocenters. The van der Waals surface area contributed by atoms with Crippen LogP contribution in [-0.2, 0) is 0 Å². The number of hydrogen-bond donors (Lipinski definition) is 0. The van der Waals surface area contributed by atoms with Gasteiger partial charge < -0.3 is 4.42 Å². The van der Waals surface area contributed by atoms with Crippen LogP contribution < -0.4 is 0 Å². The van der Waals surface area contributed by atoms with Crippen molar-refractivity contribution in [1.82, 2.24) is 15.2 Å². The Balaban J connectivity index is 1.77. The summed E-state index contributed by atoms with van der Waals surface area (Å²) in [6.45, 7) is 9.66. The molecule has 0 aliphatic rings. The molecule has 0 bridgehead atoms. The zero-order valence-corrected chi connectivity index (χ0v) is 16.4. The van der Waals surface area contributed by atoms with E-state index in [0.717, 1.165) is 32.3 Å². The van der Waals surface area contributed by atoms with Gasteiger partial charge in [-0.1, -0.05) is 29.5 Å². The molecule has 25 heavy (non-hydrogen) atoms. The average molecular weight is 374 g/mol. The minimum atomic E-state index is -0.307. The predicted molar refractivity (Wildman–Crippen MR) is 100 cm³/mol. The predicted octanol–water partition coefficient (Wildman–Crippen LogP) is 4.79. The molecule has 130 valence electrons. The SMILES string of the molecule is Cc1ccc(C)c(C(=O)[C@H](C)Sc2nnc(-c3sc(C)nc3C)o2)c1. The van der Waals surface area contributed by atoms with Gasteiger partial charge in [-0.15, -0.1) is 21.5 Å². The summed E-state index contributed by atoms with van der Waals surface area (Å²) in [5.74, 6) is 0.521. The molecule has 7 heteroatoms. The van der Waals surface area contributed by atoms with Crippen LogP contribution in [0.1, 0.15) is 39.1 Å². The van der Waals surface area contributed by atoms with Gasteiger partial charge in [0.2, 0.25) is 0 Å². The highest BCUT2D eigenvalue weighted by atomic mass is 32.2. The van der Waals surface area contributed by atoms with Crippen LogP contribution in [0.5, 0.6) is 0 Å². The van der Waals surface area contributed by atoms with Crippen LogP contribution >= 0.6 is 23.1 Å². The van der Waals surface area contributed by atoms with Crippen molar-refractivity contribution in [3.05, 3.63) is 45.6 Å². The molecule has 1 aromatic carbocycles. The first-order chi connectivity index (χ1) is 11.8. The number of aryl methyl sites for hydroxylation is 4. The molecule has 0 unspecified atom stereocenters. The second-order valence-electron chi connectivity index (χ2n) is 5.96. The quantitative estimate of drug-likeness (QED) is 0.473. The molecule has 0 saturated heterocycles. The summed E-state index contributed by atoms with van der Waals surface area (Å²) < 4.78 is 5.73. The second kappa shape index (κ2) is 7.09. The molecule has 5 nitrogen and oxygen atoms in total. The Morgan fingerprint density at radius 1 is 1.20 bits per heavy atom. The van der Waals surface area contributed by atoms with Gasteiger partial charge >= 0.3 is 0 Å². The number of thiazole rings is 1. The molecule has 0 aliphatic heterocycles. The molecule has 0 N–H and O–H groups in total. The normalized spacial score (nSPS) is 12.4. The Morgan fingerprint density at radius 3 is 2.64 bits per heavy atom. The number of benzene rings is 1. The van der Waals surface area contributed by atoms with E-state index >= 15 is 0 Å². The lowest BCUT2D eigenvalue weighted by molar-refractivity contribution is 0.0993. The number of rotatable bonds is 5. The van der Waals surface area contributed by atoms with Gasteiger partial charge in [0.15, 0.2) is 5.78 Å². The van der Waals surface area contributed by atoms with Gasteiger partial charge in [0.05, 0.1) is 16.0 Å². The maximum absolute atomic E-state index is 12.7. The number of ketones is 1. The lowest BCUT2D eigenvalue weighted by Gasteiger charge is -2.10. The average Bonchev–Trinajstić information content (AvgIpc) is 3.14. The summed E-state index contributed by atoms with van der Waals surface area (Å²) in [6, 6.07) is 5.91. The van der Waals surface area contributed by atoms with Crippen molar-refractivity contribution in [3.63, 3.8) is 0 Å². The molecular weight excluding hydrogens is 354 g/mol. The van der Waals surface area contributed by atoms with E-state index in [0.29, 0.717) is 11.1 Å². The number of carbonyl (C=O) groups excluding carboxylic acids is 1. The van der Waals surface area contributed by atoms with E-state index < -0.39 is 0 Å². The van der Waals surface area contributed by atoms with E-state index in [2.05, 4.69) is 15.2 Å². The largest absolute Gasteiger partial charge is 0.410 e. The van der Waals surface area contributed by atoms with Crippen LogP contribution in [0.15, 0.2) is 27.8 Å². The molecule has 3 rings (SSSR count). The zero-order chi connectivity index (χ0) is 18.1. The molecular formula is C18H19N3O2S2. The summed E-state index contributed by atoms with van der Waals surface area (Å²) in [4.78, 5) is 18.0. The van der Waals surface area contributed by atoms with Gasteiger partial charge in [-0.2, -0.15) is 0 Å². The third-order valence-corrected chi connectivity index (χ3v) is 5.80. The van der Waals surface area contributed by atoms with Gasteiger partial charge in [0, 0.05) is 5.56 Å². The zero-order valence-electron chi connectivity index (χ0n) is 14.8. The highest BCUT2D eigenvalue weighted by Gasteiger charge is 2.22. The summed E-state index contributed by atoms with van der Waals surface area (Å²) >= 11 is 2.81. The van der Waals surface area contributed by atoms with Crippen molar-refractivity contribution in [2.75, 3.05) is 0 Å². The van der Waals surface area contributed by atoms with Crippen molar-refractivity contribution in [1.29, 1.82) is 0 Å². The maximum atomic E-state index is 12.7.